The van der Waals surface area contributed by atoms with Gasteiger partial charge in [-0.2, -0.15) is 0 Å². The van der Waals surface area contributed by atoms with Gasteiger partial charge in [-0.05, 0) is 55.2 Å². The highest BCUT2D eigenvalue weighted by atomic mass is 16.5. The Morgan fingerprint density at radius 2 is 1.90 bits per heavy atom. The van der Waals surface area contributed by atoms with E-state index in [0.717, 1.165) is 25.6 Å². The van der Waals surface area contributed by atoms with E-state index in [4.69, 9.17) is 4.74 Å². The maximum atomic E-state index is 6.21. The fraction of sp³-hybridized carbons (Fsp3) is 0.684. The van der Waals surface area contributed by atoms with Crippen LogP contribution in [0.2, 0.25) is 0 Å². The molecule has 2 aliphatic rings. The highest BCUT2D eigenvalue weighted by Crippen LogP contribution is 2.45. The molecule has 2 atom stereocenters. The van der Waals surface area contributed by atoms with E-state index in [-0.39, 0.29) is 0 Å². The lowest BCUT2D eigenvalue weighted by Gasteiger charge is -2.33. The van der Waals surface area contributed by atoms with Crippen LogP contribution in [0.15, 0.2) is 24.3 Å². The van der Waals surface area contributed by atoms with Gasteiger partial charge in [0.05, 0.1) is 6.10 Å². The maximum absolute atomic E-state index is 6.21. The Hall–Kier alpha value is -0.860. The average molecular weight is 287 g/mol. The lowest BCUT2D eigenvalue weighted by Crippen LogP contribution is -2.33. The molecule has 2 heteroatoms. The van der Waals surface area contributed by atoms with Crippen molar-refractivity contribution in [2.24, 2.45) is 11.8 Å². The molecule has 0 bridgehead atoms. The Morgan fingerprint density at radius 3 is 2.62 bits per heavy atom. The minimum Gasteiger partial charge on any atom is -0.373 e. The Labute approximate surface area is 129 Å². The van der Waals surface area contributed by atoms with Gasteiger partial charge in [-0.3, -0.25) is 0 Å². The van der Waals surface area contributed by atoms with Crippen LogP contribution in [0.5, 0.6) is 0 Å². The van der Waals surface area contributed by atoms with E-state index in [1.165, 1.54) is 31.2 Å². The number of nitrogens with one attached hydrogen (secondary N) is 1. The third-order valence-corrected chi connectivity index (χ3v) is 4.72. The topological polar surface area (TPSA) is 21.3 Å². The van der Waals surface area contributed by atoms with Gasteiger partial charge in [0, 0.05) is 19.1 Å². The zero-order valence-corrected chi connectivity index (χ0v) is 13.5. The molecule has 0 amide bonds. The molecule has 0 aromatic heterocycles. The molecule has 1 aliphatic carbocycles. The molecule has 21 heavy (non-hydrogen) atoms. The molecule has 2 unspecified atom stereocenters. The monoisotopic (exact) mass is 287 g/mol. The van der Waals surface area contributed by atoms with Gasteiger partial charge in [0.2, 0.25) is 0 Å². The highest BCUT2D eigenvalue weighted by molar-refractivity contribution is 5.35. The van der Waals surface area contributed by atoms with Crippen molar-refractivity contribution in [3.05, 3.63) is 35.4 Å². The minimum atomic E-state index is 0.301. The van der Waals surface area contributed by atoms with E-state index in [1.807, 2.05) is 0 Å². The van der Waals surface area contributed by atoms with Crippen LogP contribution in [-0.2, 0) is 4.74 Å². The van der Waals surface area contributed by atoms with Crippen molar-refractivity contribution in [1.82, 2.24) is 5.32 Å². The van der Waals surface area contributed by atoms with Gasteiger partial charge in [-0.15, -0.1) is 0 Å². The second kappa shape index (κ2) is 6.93. The lowest BCUT2D eigenvalue weighted by atomic mass is 9.86. The molecular formula is C19H29NO. The Bertz CT molecular complexity index is 453. The first kappa shape index (κ1) is 15.1. The van der Waals surface area contributed by atoms with Crippen LogP contribution in [0.25, 0.3) is 0 Å². The van der Waals surface area contributed by atoms with Gasteiger partial charge >= 0.3 is 0 Å². The summed E-state index contributed by atoms with van der Waals surface area (Å²) in [7, 11) is 0. The van der Waals surface area contributed by atoms with E-state index in [1.54, 1.807) is 5.56 Å². The first-order valence-corrected chi connectivity index (χ1v) is 8.67. The van der Waals surface area contributed by atoms with E-state index >= 15 is 0 Å². The van der Waals surface area contributed by atoms with Crippen molar-refractivity contribution in [1.29, 1.82) is 0 Å². The van der Waals surface area contributed by atoms with E-state index in [9.17, 15) is 0 Å². The molecular weight excluding hydrogens is 258 g/mol. The summed E-state index contributed by atoms with van der Waals surface area (Å²) in [5.74, 6) is 2.14. The number of hydrogen-bond acceptors (Lipinski definition) is 2. The summed E-state index contributed by atoms with van der Waals surface area (Å²) >= 11 is 0. The summed E-state index contributed by atoms with van der Waals surface area (Å²) in [5, 5.41) is 3.64. The summed E-state index contributed by atoms with van der Waals surface area (Å²) in [5.41, 5.74) is 3.02. The first-order chi connectivity index (χ1) is 10.3. The molecule has 0 radical (unpaired) electrons. The number of benzene rings is 1. The average Bonchev–Trinajstić information content (AvgIpc) is 3.32. The van der Waals surface area contributed by atoms with Gasteiger partial charge < -0.3 is 10.1 Å². The van der Waals surface area contributed by atoms with Crippen LogP contribution in [0.3, 0.4) is 0 Å². The normalized spacial score (nSPS) is 26.2. The number of hydrogen-bond donors (Lipinski definition) is 1. The molecule has 1 aromatic rings. The highest BCUT2D eigenvalue weighted by Gasteiger charge is 2.33. The van der Waals surface area contributed by atoms with Crippen LogP contribution >= 0.6 is 0 Å². The Kier molecular flexibility index (Phi) is 4.97. The summed E-state index contributed by atoms with van der Waals surface area (Å²) in [6, 6.07) is 8.99. The van der Waals surface area contributed by atoms with E-state index in [2.05, 4.69) is 43.4 Å². The van der Waals surface area contributed by atoms with Gasteiger partial charge in [0.15, 0.2) is 0 Å². The van der Waals surface area contributed by atoms with Crippen LogP contribution < -0.4 is 5.32 Å². The van der Waals surface area contributed by atoms with Crippen LogP contribution in [0.1, 0.15) is 62.7 Å². The molecule has 3 rings (SSSR count). The van der Waals surface area contributed by atoms with E-state index in [0.29, 0.717) is 17.9 Å². The third-order valence-electron chi connectivity index (χ3n) is 4.72. The molecule has 116 valence electrons. The molecule has 1 saturated carbocycles. The molecule has 1 aromatic carbocycles. The quantitative estimate of drug-likeness (QED) is 0.843. The van der Waals surface area contributed by atoms with Gasteiger partial charge in [-0.25, -0.2) is 0 Å². The van der Waals surface area contributed by atoms with Crippen molar-refractivity contribution in [2.45, 2.75) is 51.6 Å². The van der Waals surface area contributed by atoms with Gasteiger partial charge in [0.1, 0.15) is 0 Å². The largest absolute Gasteiger partial charge is 0.373 e. The molecule has 2 fully saturated rings. The fourth-order valence-corrected chi connectivity index (χ4v) is 3.49. The molecule has 1 saturated heterocycles. The zero-order chi connectivity index (χ0) is 14.7. The predicted octanol–water partition coefficient (Wildman–Crippen LogP) is 4.28. The third kappa shape index (κ3) is 3.87. The minimum absolute atomic E-state index is 0.301. The van der Waals surface area contributed by atoms with Crippen LogP contribution in [0.4, 0.5) is 0 Å². The first-order valence-electron chi connectivity index (χ1n) is 8.67. The molecule has 1 heterocycles. The van der Waals surface area contributed by atoms with Crippen molar-refractivity contribution < 1.29 is 4.74 Å². The van der Waals surface area contributed by atoms with Crippen molar-refractivity contribution >= 4 is 0 Å². The molecule has 1 aliphatic heterocycles. The Balaban J connectivity index is 1.71. The Morgan fingerprint density at radius 1 is 1.14 bits per heavy atom. The summed E-state index contributed by atoms with van der Waals surface area (Å²) in [6.45, 7) is 7.65. The number of rotatable bonds is 6. The fourth-order valence-electron chi connectivity index (χ4n) is 3.49. The van der Waals surface area contributed by atoms with Gasteiger partial charge in [-0.1, -0.05) is 38.1 Å². The van der Waals surface area contributed by atoms with Gasteiger partial charge in [0.25, 0.3) is 0 Å². The standard InChI is InChI=1S/C19H29NO/c1-14(2)12-20-13-16-6-5-11-21-19(16)18-8-4-3-7-17(18)15-9-10-15/h3-4,7-8,14-16,19-20H,5-6,9-13H2,1-2H3. The summed E-state index contributed by atoms with van der Waals surface area (Å²) in [6.07, 6.45) is 5.51. The van der Waals surface area contributed by atoms with Crippen molar-refractivity contribution in [2.75, 3.05) is 19.7 Å². The zero-order valence-electron chi connectivity index (χ0n) is 13.5. The second-order valence-electron chi connectivity index (χ2n) is 7.15. The number of ether oxygens (including phenoxy) is 1. The smallest absolute Gasteiger partial charge is 0.0867 e. The molecule has 2 nitrogen and oxygen atoms in total. The summed E-state index contributed by atoms with van der Waals surface area (Å²) in [4.78, 5) is 0. The van der Waals surface area contributed by atoms with Crippen molar-refractivity contribution in [3.63, 3.8) is 0 Å². The van der Waals surface area contributed by atoms with Crippen molar-refractivity contribution in [3.8, 4) is 0 Å². The predicted molar refractivity (Wildman–Crippen MR) is 87.5 cm³/mol. The van der Waals surface area contributed by atoms with E-state index < -0.39 is 0 Å². The van der Waals surface area contributed by atoms with Crippen LogP contribution in [0, 0.1) is 11.8 Å². The lowest BCUT2D eigenvalue weighted by molar-refractivity contribution is -0.0283. The SMILES string of the molecule is CC(C)CNCC1CCCOC1c1ccccc1C1CC1. The second-order valence-corrected chi connectivity index (χ2v) is 7.15. The van der Waals surface area contributed by atoms with Crippen LogP contribution in [-0.4, -0.2) is 19.7 Å². The molecule has 1 N–H and O–H groups in total. The maximum Gasteiger partial charge on any atom is 0.0867 e. The summed E-state index contributed by atoms with van der Waals surface area (Å²) < 4.78 is 6.21. The molecule has 0 spiro atoms.